The van der Waals surface area contributed by atoms with Crippen LogP contribution in [-0.2, 0) is 28.5 Å². The Balaban J connectivity index is 0.932. The number of carbonyl (C=O) groups excluding carboxylic acids is 1. The molecule has 6 unspecified atom stereocenters. The van der Waals surface area contributed by atoms with Crippen LogP contribution in [0.25, 0.3) is 0 Å². The highest BCUT2D eigenvalue weighted by atomic mass is 16.6. The second-order valence-electron chi connectivity index (χ2n) is 15.3. The van der Waals surface area contributed by atoms with Gasteiger partial charge in [0, 0.05) is 63.1 Å². The van der Waals surface area contributed by atoms with Crippen molar-refractivity contribution >= 4 is 11.7 Å². The number of carbonyl (C=O) groups is 1. The molecule has 58 heavy (non-hydrogen) atoms. The first-order chi connectivity index (χ1) is 28.4. The second-order valence-corrected chi connectivity index (χ2v) is 15.3. The molecule has 10 heteroatoms. The molecule has 0 saturated carbocycles. The molecule has 6 atom stereocenters. The van der Waals surface area contributed by atoms with E-state index in [1.165, 1.54) is 0 Å². The van der Waals surface area contributed by atoms with Crippen molar-refractivity contribution in [3.63, 3.8) is 0 Å². The van der Waals surface area contributed by atoms with E-state index in [0.717, 1.165) is 86.6 Å². The molecule has 0 radical (unpaired) electrons. The molecule has 4 aliphatic rings. The quantitative estimate of drug-likeness (QED) is 0.0479. The summed E-state index contributed by atoms with van der Waals surface area (Å²) >= 11 is 0. The Morgan fingerprint density at radius 3 is 2.41 bits per heavy atom. The van der Waals surface area contributed by atoms with Gasteiger partial charge >= 0.3 is 5.97 Å². The maximum absolute atomic E-state index is 13.0. The van der Waals surface area contributed by atoms with E-state index in [2.05, 4.69) is 61.8 Å². The highest BCUT2D eigenvalue weighted by molar-refractivity contribution is 5.92. The number of nitrogens with one attached hydrogen (secondary N) is 2. The number of anilines is 1. The van der Waals surface area contributed by atoms with Gasteiger partial charge in [-0.2, -0.15) is 0 Å². The van der Waals surface area contributed by atoms with Gasteiger partial charge in [-0.05, 0) is 98.9 Å². The lowest BCUT2D eigenvalue weighted by molar-refractivity contribution is -0.141. The molecule has 0 fully saturated rings. The van der Waals surface area contributed by atoms with Gasteiger partial charge < -0.3 is 44.2 Å². The summed E-state index contributed by atoms with van der Waals surface area (Å²) < 4.78 is 34.7. The van der Waals surface area contributed by atoms with Crippen molar-refractivity contribution in [2.45, 2.75) is 96.7 Å². The number of ether oxygens (including phenoxy) is 6. The lowest BCUT2D eigenvalue weighted by Crippen LogP contribution is -2.25. The van der Waals surface area contributed by atoms with Crippen LogP contribution < -0.4 is 15.4 Å². The summed E-state index contributed by atoms with van der Waals surface area (Å²) in [5.41, 5.74) is 4.71. The van der Waals surface area contributed by atoms with Gasteiger partial charge in [0.1, 0.15) is 11.9 Å². The molecule has 10 nitrogen and oxygen atoms in total. The number of hydrogen-bond acceptors (Lipinski definition) is 10. The number of aliphatic hydroxyl groups excluding tert-OH is 1. The minimum absolute atomic E-state index is 0.112. The zero-order valence-corrected chi connectivity index (χ0v) is 34.8. The van der Waals surface area contributed by atoms with E-state index in [4.69, 9.17) is 28.4 Å². The molecule has 1 aromatic rings. The van der Waals surface area contributed by atoms with Gasteiger partial charge in [-0.3, -0.25) is 0 Å². The predicted molar refractivity (Wildman–Crippen MR) is 230 cm³/mol. The van der Waals surface area contributed by atoms with Crippen molar-refractivity contribution in [1.82, 2.24) is 5.32 Å². The largest absolute Gasteiger partial charge is 0.494 e. The van der Waals surface area contributed by atoms with Crippen molar-refractivity contribution in [3.8, 4) is 5.75 Å². The maximum atomic E-state index is 13.0. The van der Waals surface area contributed by atoms with E-state index < -0.39 is 6.29 Å². The van der Waals surface area contributed by atoms with Crippen molar-refractivity contribution < 1.29 is 38.3 Å². The molecule has 1 aromatic carbocycles. The van der Waals surface area contributed by atoms with Gasteiger partial charge in [-0.25, -0.2) is 4.79 Å². The summed E-state index contributed by atoms with van der Waals surface area (Å²) in [4.78, 5) is 13.0. The molecule has 4 aliphatic carbocycles. The first-order valence-corrected chi connectivity index (χ1v) is 21.4. The van der Waals surface area contributed by atoms with E-state index in [9.17, 15) is 9.90 Å². The van der Waals surface area contributed by atoms with Crippen LogP contribution in [0.4, 0.5) is 5.69 Å². The molecule has 0 aromatic heterocycles. The van der Waals surface area contributed by atoms with Crippen molar-refractivity contribution in [1.29, 1.82) is 0 Å². The summed E-state index contributed by atoms with van der Waals surface area (Å²) in [5, 5.41) is 17.8. The minimum Gasteiger partial charge on any atom is -0.494 e. The third kappa shape index (κ3) is 16.2. The number of benzene rings is 1. The molecule has 0 bridgehead atoms. The molecule has 0 saturated heterocycles. The third-order valence-corrected chi connectivity index (χ3v) is 10.4. The van der Waals surface area contributed by atoms with Crippen molar-refractivity contribution in [3.05, 3.63) is 120 Å². The zero-order valence-electron chi connectivity index (χ0n) is 34.8. The van der Waals surface area contributed by atoms with Gasteiger partial charge in [-0.1, -0.05) is 74.6 Å². The highest BCUT2D eigenvalue weighted by Crippen LogP contribution is 2.25. The van der Waals surface area contributed by atoms with Crippen LogP contribution in [0.15, 0.2) is 120 Å². The molecule has 3 N–H and O–H groups in total. The van der Waals surface area contributed by atoms with Gasteiger partial charge in [-0.15, -0.1) is 0 Å². The lowest BCUT2D eigenvalue weighted by Gasteiger charge is -2.24. The summed E-state index contributed by atoms with van der Waals surface area (Å²) in [7, 11) is 0. The van der Waals surface area contributed by atoms with Crippen LogP contribution in [0.2, 0.25) is 0 Å². The first-order valence-electron chi connectivity index (χ1n) is 21.4. The molecule has 0 aliphatic heterocycles. The van der Waals surface area contributed by atoms with Gasteiger partial charge in [0.15, 0.2) is 6.29 Å². The SMILES string of the molecule is CCCOCCCOC1C=CC(NCC2C=CC(C(=O)OC3C=C(COC(O)C4C=CC(CNc5ccc(OCCCOC(C)CC)cc5)=CC4)C=CC3)=CC2)=CC1. The highest BCUT2D eigenvalue weighted by Gasteiger charge is 2.22. The molecule has 316 valence electrons. The van der Waals surface area contributed by atoms with Gasteiger partial charge in [0.2, 0.25) is 0 Å². The maximum Gasteiger partial charge on any atom is 0.338 e. The molecule has 0 amide bonds. The number of esters is 1. The summed E-state index contributed by atoms with van der Waals surface area (Å²) in [6.45, 7) is 11.6. The van der Waals surface area contributed by atoms with Gasteiger partial charge in [0.05, 0.1) is 37.6 Å². The number of aliphatic hydroxyl groups is 1. The molecule has 5 rings (SSSR count). The van der Waals surface area contributed by atoms with Gasteiger partial charge in [0.25, 0.3) is 0 Å². The second kappa shape index (κ2) is 25.3. The summed E-state index contributed by atoms with van der Waals surface area (Å²) in [6, 6.07) is 7.99. The van der Waals surface area contributed by atoms with E-state index in [1.54, 1.807) is 0 Å². The Morgan fingerprint density at radius 2 is 1.67 bits per heavy atom. The Kier molecular flexibility index (Phi) is 19.6. The van der Waals surface area contributed by atoms with E-state index in [-0.39, 0.29) is 36.6 Å². The number of hydrogen-bond donors (Lipinski definition) is 3. The zero-order chi connectivity index (χ0) is 40.8. The average Bonchev–Trinajstić information content (AvgIpc) is 3.26. The van der Waals surface area contributed by atoms with Crippen LogP contribution in [0, 0.1) is 11.8 Å². The van der Waals surface area contributed by atoms with E-state index in [0.29, 0.717) is 50.9 Å². The van der Waals surface area contributed by atoms with Crippen LogP contribution in [0.1, 0.15) is 72.1 Å². The van der Waals surface area contributed by atoms with Crippen LogP contribution >= 0.6 is 0 Å². The monoisotopic (exact) mass is 798 g/mol. The van der Waals surface area contributed by atoms with Crippen LogP contribution in [0.3, 0.4) is 0 Å². The average molecular weight is 799 g/mol. The van der Waals surface area contributed by atoms with E-state index in [1.807, 2.05) is 66.8 Å². The lowest BCUT2D eigenvalue weighted by atomic mass is 9.96. The Labute approximate surface area is 346 Å². The number of allylic oxidation sites excluding steroid dienone is 3. The molecular formula is C48H66N2O8. The smallest absolute Gasteiger partial charge is 0.338 e. The van der Waals surface area contributed by atoms with E-state index >= 15 is 0 Å². The Bertz CT molecular complexity index is 1660. The predicted octanol–water partition coefficient (Wildman–Crippen LogP) is 8.46. The standard InChI is InChI=1S/C48H66N2O8/c1-4-27-53-28-7-30-55-44-23-19-42(20-24-44)50-34-38-13-17-41(18-14-38)48(52)58-46-10-6-9-39(32-46)35-57-47(51)40-15-11-37(12-16-40)33-49-43-21-25-45(26-22-43)56-31-8-29-54-36(3)5-2/h6,9,11-13,15,17-23,25-26,32,36,38,40,44,46-47,49-51H,4-5,7-8,10,14,16,24,27-31,33-35H2,1-3H3. The minimum atomic E-state index is -0.949. The van der Waals surface area contributed by atoms with Crippen molar-refractivity contribution in [2.24, 2.45) is 11.8 Å². The van der Waals surface area contributed by atoms with Crippen molar-refractivity contribution in [2.75, 3.05) is 58.0 Å². The first kappa shape index (κ1) is 44.9. The topological polar surface area (TPSA) is 117 Å². The molecular weight excluding hydrogens is 733 g/mol. The Hall–Kier alpha value is -4.19. The fraction of sp³-hybridized carbons (Fsp3) is 0.521. The van der Waals surface area contributed by atoms with Crippen LogP contribution in [-0.4, -0.2) is 88.4 Å². The van der Waals surface area contributed by atoms with Crippen LogP contribution in [0.5, 0.6) is 5.75 Å². The number of rotatable bonds is 26. The molecule has 0 heterocycles. The third-order valence-electron chi connectivity index (χ3n) is 10.4. The molecule has 0 spiro atoms. The summed E-state index contributed by atoms with van der Waals surface area (Å²) in [5.74, 6) is 0.659. The fourth-order valence-corrected chi connectivity index (χ4v) is 6.67. The summed E-state index contributed by atoms with van der Waals surface area (Å²) in [6.07, 6.45) is 30.1. The normalized spacial score (nSPS) is 22.3. The Morgan fingerprint density at radius 1 is 0.810 bits per heavy atom. The fourth-order valence-electron chi connectivity index (χ4n) is 6.67.